The molecule has 0 unspecified atom stereocenters. The van der Waals surface area contributed by atoms with Gasteiger partial charge in [0.15, 0.2) is 5.82 Å². The first-order valence-electron chi connectivity index (χ1n) is 10.0. The molecule has 2 aliphatic rings. The van der Waals surface area contributed by atoms with Crippen molar-refractivity contribution in [2.75, 3.05) is 19.6 Å². The summed E-state index contributed by atoms with van der Waals surface area (Å²) in [6.07, 6.45) is 0.0258. The molecule has 156 valence electrons. The fourth-order valence-electron chi connectivity index (χ4n) is 4.01. The van der Waals surface area contributed by atoms with Gasteiger partial charge in [-0.15, -0.1) is 10.2 Å². The van der Waals surface area contributed by atoms with Gasteiger partial charge >= 0.3 is 6.18 Å². The fraction of sp³-hybridized carbons (Fsp3) is 0.550. The lowest BCUT2D eigenvalue weighted by Gasteiger charge is -2.25. The zero-order valence-electron chi connectivity index (χ0n) is 16.2. The van der Waals surface area contributed by atoms with E-state index in [9.17, 15) is 18.0 Å². The molecule has 2 aliphatic heterocycles. The molecule has 0 radical (unpaired) electrons. The number of aromatic nitrogens is 3. The van der Waals surface area contributed by atoms with Crippen LogP contribution in [0.15, 0.2) is 24.3 Å². The highest BCUT2D eigenvalue weighted by atomic mass is 19.4. The van der Waals surface area contributed by atoms with Crippen molar-refractivity contribution >= 4 is 5.91 Å². The molecular formula is C20H24F3N5O. The average Bonchev–Trinajstić information content (AvgIpc) is 2.95. The van der Waals surface area contributed by atoms with E-state index in [1.807, 2.05) is 0 Å². The molecule has 3 heterocycles. The summed E-state index contributed by atoms with van der Waals surface area (Å²) in [5.74, 6) is 1.37. The van der Waals surface area contributed by atoms with Gasteiger partial charge in [-0.05, 0) is 56.6 Å². The Bertz CT molecular complexity index is 856. The molecule has 4 rings (SSSR count). The number of piperidine rings is 1. The van der Waals surface area contributed by atoms with Crippen LogP contribution in [0.2, 0.25) is 0 Å². The second-order valence-electron chi connectivity index (χ2n) is 7.68. The topological polar surface area (TPSA) is 54.3 Å². The number of fused-ring (bicyclic) bond motifs is 1. The molecule has 1 saturated heterocycles. The SMILES string of the molecule is O=C(c1ccc(C(F)(F)F)cc1)N1CCCn2c(CN3CCCCC3)nnc2C1. The van der Waals surface area contributed by atoms with Gasteiger partial charge in [-0.3, -0.25) is 9.69 Å². The third kappa shape index (κ3) is 4.44. The van der Waals surface area contributed by atoms with Gasteiger partial charge in [0.05, 0.1) is 18.7 Å². The molecular weight excluding hydrogens is 383 g/mol. The molecule has 9 heteroatoms. The molecule has 0 spiro atoms. The maximum Gasteiger partial charge on any atom is 0.416 e. The van der Waals surface area contributed by atoms with Crippen molar-refractivity contribution in [2.24, 2.45) is 0 Å². The molecule has 1 fully saturated rings. The molecule has 0 saturated carbocycles. The standard InChI is InChI=1S/C20H24F3N5O/c21-20(22,23)16-7-5-15(6-8-16)19(29)27-11-4-12-28-17(24-25-18(28)14-27)13-26-9-2-1-3-10-26/h5-8H,1-4,9-14H2. The van der Waals surface area contributed by atoms with Crippen LogP contribution in [0.25, 0.3) is 0 Å². The molecule has 1 aromatic heterocycles. The minimum absolute atomic E-state index is 0.250. The maximum absolute atomic E-state index is 12.8. The largest absolute Gasteiger partial charge is 0.416 e. The van der Waals surface area contributed by atoms with Crippen molar-refractivity contribution in [3.8, 4) is 0 Å². The van der Waals surface area contributed by atoms with Crippen LogP contribution in [0.4, 0.5) is 13.2 Å². The molecule has 1 aromatic carbocycles. The van der Waals surface area contributed by atoms with Gasteiger partial charge in [0.25, 0.3) is 5.91 Å². The minimum atomic E-state index is -4.41. The Morgan fingerprint density at radius 2 is 1.66 bits per heavy atom. The lowest BCUT2D eigenvalue weighted by atomic mass is 10.1. The number of hydrogen-bond donors (Lipinski definition) is 0. The van der Waals surface area contributed by atoms with Crippen LogP contribution < -0.4 is 0 Å². The third-order valence-corrected chi connectivity index (χ3v) is 5.61. The summed E-state index contributed by atoms with van der Waals surface area (Å²) >= 11 is 0. The first-order chi connectivity index (χ1) is 13.9. The zero-order valence-corrected chi connectivity index (χ0v) is 16.2. The number of carbonyl (C=O) groups is 1. The van der Waals surface area contributed by atoms with E-state index in [0.29, 0.717) is 13.1 Å². The summed E-state index contributed by atoms with van der Waals surface area (Å²) in [6, 6.07) is 4.37. The van der Waals surface area contributed by atoms with Crippen LogP contribution in [0, 0.1) is 0 Å². The lowest BCUT2D eigenvalue weighted by Crippen LogP contribution is -2.31. The van der Waals surface area contributed by atoms with E-state index in [1.54, 1.807) is 4.90 Å². The molecule has 0 N–H and O–H groups in total. The van der Waals surface area contributed by atoms with Gasteiger partial charge < -0.3 is 9.47 Å². The first-order valence-corrected chi connectivity index (χ1v) is 10.0. The monoisotopic (exact) mass is 407 g/mol. The minimum Gasteiger partial charge on any atom is -0.331 e. The number of alkyl halides is 3. The summed E-state index contributed by atoms with van der Waals surface area (Å²) < 4.78 is 40.3. The van der Waals surface area contributed by atoms with E-state index >= 15 is 0 Å². The van der Waals surface area contributed by atoms with Crippen molar-refractivity contribution in [1.82, 2.24) is 24.6 Å². The van der Waals surface area contributed by atoms with E-state index in [0.717, 1.165) is 56.4 Å². The number of benzene rings is 1. The van der Waals surface area contributed by atoms with E-state index < -0.39 is 11.7 Å². The van der Waals surface area contributed by atoms with Gasteiger partial charge in [0.1, 0.15) is 5.82 Å². The fourth-order valence-corrected chi connectivity index (χ4v) is 4.01. The molecule has 0 bridgehead atoms. The average molecular weight is 407 g/mol. The Hall–Kier alpha value is -2.42. The molecule has 6 nitrogen and oxygen atoms in total. The normalized spacial score (nSPS) is 18.4. The highest BCUT2D eigenvalue weighted by molar-refractivity contribution is 5.94. The summed E-state index contributed by atoms with van der Waals surface area (Å²) in [6.45, 7) is 4.49. The Morgan fingerprint density at radius 1 is 0.931 bits per heavy atom. The molecule has 1 amide bonds. The number of nitrogens with zero attached hydrogens (tertiary/aromatic N) is 5. The zero-order chi connectivity index (χ0) is 20.4. The first kappa shape index (κ1) is 19.9. The molecule has 29 heavy (non-hydrogen) atoms. The lowest BCUT2D eigenvalue weighted by molar-refractivity contribution is -0.137. The quantitative estimate of drug-likeness (QED) is 0.783. The van der Waals surface area contributed by atoms with Crippen molar-refractivity contribution in [3.63, 3.8) is 0 Å². The van der Waals surface area contributed by atoms with Gasteiger partial charge in [-0.25, -0.2) is 0 Å². The summed E-state index contributed by atoms with van der Waals surface area (Å²) in [5.41, 5.74) is -0.508. The van der Waals surface area contributed by atoms with E-state index in [4.69, 9.17) is 0 Å². The summed E-state index contributed by atoms with van der Waals surface area (Å²) in [4.78, 5) is 16.9. The smallest absolute Gasteiger partial charge is 0.331 e. The van der Waals surface area contributed by atoms with Gasteiger partial charge in [0.2, 0.25) is 0 Å². The van der Waals surface area contributed by atoms with Gasteiger partial charge in [-0.2, -0.15) is 13.2 Å². The highest BCUT2D eigenvalue weighted by Gasteiger charge is 2.31. The van der Waals surface area contributed by atoms with Crippen molar-refractivity contribution in [1.29, 1.82) is 0 Å². The van der Waals surface area contributed by atoms with Crippen LogP contribution in [0.5, 0.6) is 0 Å². The molecule has 2 aromatic rings. The van der Waals surface area contributed by atoms with Gasteiger partial charge in [0, 0.05) is 18.7 Å². The highest BCUT2D eigenvalue weighted by Crippen LogP contribution is 2.29. The number of halogens is 3. The summed E-state index contributed by atoms with van der Waals surface area (Å²) in [5, 5.41) is 8.65. The Kier molecular flexibility index (Phi) is 5.58. The van der Waals surface area contributed by atoms with Crippen LogP contribution >= 0.6 is 0 Å². The second kappa shape index (κ2) is 8.14. The molecule has 0 atom stereocenters. The van der Waals surface area contributed by atoms with Crippen molar-refractivity contribution < 1.29 is 18.0 Å². The van der Waals surface area contributed by atoms with Crippen LogP contribution in [-0.4, -0.2) is 50.1 Å². The Morgan fingerprint density at radius 3 is 2.34 bits per heavy atom. The van der Waals surface area contributed by atoms with Crippen molar-refractivity contribution in [3.05, 3.63) is 47.0 Å². The number of likely N-dealkylation sites (tertiary alicyclic amines) is 1. The predicted molar refractivity (Wildman–Crippen MR) is 100.0 cm³/mol. The Labute approximate surface area is 167 Å². The van der Waals surface area contributed by atoms with E-state index in [-0.39, 0.29) is 11.5 Å². The van der Waals surface area contributed by atoms with E-state index in [1.165, 1.54) is 31.4 Å². The second-order valence-corrected chi connectivity index (χ2v) is 7.68. The maximum atomic E-state index is 12.8. The Balaban J connectivity index is 1.46. The van der Waals surface area contributed by atoms with Crippen LogP contribution in [-0.2, 0) is 25.8 Å². The number of rotatable bonds is 3. The van der Waals surface area contributed by atoms with Gasteiger partial charge in [-0.1, -0.05) is 6.42 Å². The van der Waals surface area contributed by atoms with Crippen LogP contribution in [0.1, 0.15) is 53.3 Å². The predicted octanol–water partition coefficient (Wildman–Crippen LogP) is 3.33. The summed E-state index contributed by atoms with van der Waals surface area (Å²) in [7, 11) is 0. The third-order valence-electron chi connectivity index (χ3n) is 5.61. The van der Waals surface area contributed by atoms with E-state index in [2.05, 4.69) is 19.7 Å². The van der Waals surface area contributed by atoms with Crippen molar-refractivity contribution in [2.45, 2.75) is 51.5 Å². The number of carbonyl (C=O) groups excluding carboxylic acids is 1. The number of hydrogen-bond acceptors (Lipinski definition) is 4. The number of amides is 1. The van der Waals surface area contributed by atoms with Crippen LogP contribution in [0.3, 0.4) is 0 Å². The molecule has 0 aliphatic carbocycles.